The minimum atomic E-state index is 0. The van der Waals surface area contributed by atoms with E-state index in [0.717, 1.165) is 38.6 Å². The van der Waals surface area contributed by atoms with E-state index in [1.165, 1.54) is 0 Å². The van der Waals surface area contributed by atoms with Crippen LogP contribution in [0.25, 0.3) is 0 Å². The molecule has 4 nitrogen and oxygen atoms in total. The van der Waals surface area contributed by atoms with E-state index in [4.69, 9.17) is 4.74 Å². The molecule has 0 heterocycles. The minimum Gasteiger partial charge on any atom is -0.382 e. The summed E-state index contributed by atoms with van der Waals surface area (Å²) in [5, 5.41) is 6.69. The minimum absolute atomic E-state index is 0. The highest BCUT2D eigenvalue weighted by molar-refractivity contribution is 14.0. The summed E-state index contributed by atoms with van der Waals surface area (Å²) < 4.78 is 5.29. The first kappa shape index (κ1) is 20.3. The smallest absolute Gasteiger partial charge is 0.191 e. The molecule has 0 bridgehead atoms. The normalized spacial score (nSPS) is 13.1. The molecule has 0 rings (SSSR count). The standard InChI is InChI=1S/C13H29N3O.HI/c1-6-17-10-8-7-9-15-13(14-5)16-12(4)11(2)3;/h11-12H,6-10H2,1-5H3,(H2,14,15,16);1H. The first-order chi connectivity index (χ1) is 8.11. The number of unbranched alkanes of at least 4 members (excludes halogenated alkanes) is 1. The number of nitrogens with zero attached hydrogens (tertiary/aromatic N) is 1. The van der Waals surface area contributed by atoms with Crippen molar-refractivity contribution in [3.63, 3.8) is 0 Å². The summed E-state index contributed by atoms with van der Waals surface area (Å²) in [5.74, 6) is 1.49. The van der Waals surface area contributed by atoms with Crippen molar-refractivity contribution in [1.29, 1.82) is 0 Å². The van der Waals surface area contributed by atoms with Crippen molar-refractivity contribution in [2.24, 2.45) is 10.9 Å². The second kappa shape index (κ2) is 13.4. The van der Waals surface area contributed by atoms with E-state index in [2.05, 4.69) is 36.4 Å². The van der Waals surface area contributed by atoms with Gasteiger partial charge in [0.25, 0.3) is 0 Å². The van der Waals surface area contributed by atoms with E-state index in [1.807, 2.05) is 14.0 Å². The Hall–Kier alpha value is -0.0400. The Bertz CT molecular complexity index is 210. The van der Waals surface area contributed by atoms with Gasteiger partial charge in [-0.1, -0.05) is 13.8 Å². The van der Waals surface area contributed by atoms with Crippen LogP contribution < -0.4 is 10.6 Å². The predicted octanol–water partition coefficient (Wildman–Crippen LogP) is 2.63. The zero-order valence-electron chi connectivity index (χ0n) is 12.5. The molecule has 1 atom stereocenters. The van der Waals surface area contributed by atoms with Gasteiger partial charge in [0, 0.05) is 32.8 Å². The molecule has 0 fully saturated rings. The Balaban J connectivity index is 0. The highest BCUT2D eigenvalue weighted by Crippen LogP contribution is 1.99. The summed E-state index contributed by atoms with van der Waals surface area (Å²) in [4.78, 5) is 4.21. The molecule has 18 heavy (non-hydrogen) atoms. The molecular formula is C13H30IN3O. The van der Waals surface area contributed by atoms with Crippen molar-refractivity contribution >= 4 is 29.9 Å². The van der Waals surface area contributed by atoms with Crippen molar-refractivity contribution in [3.8, 4) is 0 Å². The molecule has 0 aromatic heterocycles. The van der Waals surface area contributed by atoms with E-state index in [0.29, 0.717) is 12.0 Å². The maximum absolute atomic E-state index is 5.29. The van der Waals surface area contributed by atoms with E-state index in [-0.39, 0.29) is 24.0 Å². The monoisotopic (exact) mass is 371 g/mol. The third-order valence-electron chi connectivity index (χ3n) is 2.80. The predicted molar refractivity (Wildman–Crippen MR) is 89.9 cm³/mol. The molecule has 0 aliphatic rings. The number of nitrogens with one attached hydrogen (secondary N) is 2. The highest BCUT2D eigenvalue weighted by atomic mass is 127. The fraction of sp³-hybridized carbons (Fsp3) is 0.923. The number of halogens is 1. The Morgan fingerprint density at radius 1 is 1.22 bits per heavy atom. The number of aliphatic imine (C=N–C) groups is 1. The SMILES string of the molecule is CCOCCCCNC(=NC)NC(C)C(C)C.I. The number of hydrogen-bond acceptors (Lipinski definition) is 2. The van der Waals surface area contributed by atoms with Crippen LogP contribution in [0.1, 0.15) is 40.5 Å². The molecule has 0 saturated carbocycles. The van der Waals surface area contributed by atoms with Gasteiger partial charge in [-0.15, -0.1) is 24.0 Å². The zero-order chi connectivity index (χ0) is 13.1. The van der Waals surface area contributed by atoms with Crippen molar-refractivity contribution in [1.82, 2.24) is 10.6 Å². The van der Waals surface area contributed by atoms with Crippen LogP contribution in [-0.4, -0.2) is 38.8 Å². The maximum Gasteiger partial charge on any atom is 0.191 e. The van der Waals surface area contributed by atoms with Gasteiger partial charge in [-0.2, -0.15) is 0 Å². The third-order valence-corrected chi connectivity index (χ3v) is 2.80. The number of guanidine groups is 1. The molecule has 0 saturated heterocycles. The van der Waals surface area contributed by atoms with Gasteiger partial charge in [-0.05, 0) is 32.6 Å². The summed E-state index contributed by atoms with van der Waals surface area (Å²) in [6.45, 7) is 11.2. The molecule has 0 amide bonds. The molecule has 2 N–H and O–H groups in total. The Kier molecular flexibility index (Phi) is 15.1. The van der Waals surface area contributed by atoms with Gasteiger partial charge in [0.15, 0.2) is 5.96 Å². The molecule has 110 valence electrons. The van der Waals surface area contributed by atoms with Gasteiger partial charge in [-0.25, -0.2) is 0 Å². The number of rotatable bonds is 8. The largest absolute Gasteiger partial charge is 0.382 e. The van der Waals surface area contributed by atoms with E-state index >= 15 is 0 Å². The van der Waals surface area contributed by atoms with Crippen LogP contribution in [0.4, 0.5) is 0 Å². The summed E-state index contributed by atoms with van der Waals surface area (Å²) >= 11 is 0. The fourth-order valence-electron chi connectivity index (χ4n) is 1.26. The van der Waals surface area contributed by atoms with Crippen LogP contribution in [0.2, 0.25) is 0 Å². The lowest BCUT2D eigenvalue weighted by Gasteiger charge is -2.20. The summed E-state index contributed by atoms with van der Waals surface area (Å²) in [6.07, 6.45) is 2.20. The second-order valence-electron chi connectivity index (χ2n) is 4.58. The van der Waals surface area contributed by atoms with Gasteiger partial charge in [0.1, 0.15) is 0 Å². The number of hydrogen-bond donors (Lipinski definition) is 2. The van der Waals surface area contributed by atoms with Gasteiger partial charge in [0.05, 0.1) is 0 Å². The van der Waals surface area contributed by atoms with Crippen molar-refractivity contribution < 1.29 is 4.74 Å². The van der Waals surface area contributed by atoms with Crippen LogP contribution in [0, 0.1) is 5.92 Å². The van der Waals surface area contributed by atoms with Crippen LogP contribution in [0.3, 0.4) is 0 Å². The zero-order valence-corrected chi connectivity index (χ0v) is 14.8. The second-order valence-corrected chi connectivity index (χ2v) is 4.58. The van der Waals surface area contributed by atoms with E-state index in [9.17, 15) is 0 Å². The molecule has 0 aromatic rings. The quantitative estimate of drug-likeness (QED) is 0.298. The van der Waals surface area contributed by atoms with Crippen LogP contribution in [0.15, 0.2) is 4.99 Å². The van der Waals surface area contributed by atoms with Crippen molar-refractivity contribution in [3.05, 3.63) is 0 Å². The van der Waals surface area contributed by atoms with Gasteiger partial charge in [-0.3, -0.25) is 4.99 Å². The molecule has 0 radical (unpaired) electrons. The lowest BCUT2D eigenvalue weighted by molar-refractivity contribution is 0.143. The Morgan fingerprint density at radius 2 is 1.89 bits per heavy atom. The Labute approximate surface area is 129 Å². The van der Waals surface area contributed by atoms with Gasteiger partial charge >= 0.3 is 0 Å². The average Bonchev–Trinajstić information content (AvgIpc) is 2.31. The van der Waals surface area contributed by atoms with Gasteiger partial charge < -0.3 is 15.4 Å². The Morgan fingerprint density at radius 3 is 2.39 bits per heavy atom. The fourth-order valence-corrected chi connectivity index (χ4v) is 1.26. The molecule has 0 aliphatic heterocycles. The first-order valence-corrected chi connectivity index (χ1v) is 6.66. The molecule has 1 unspecified atom stereocenters. The van der Waals surface area contributed by atoms with Crippen LogP contribution in [0.5, 0.6) is 0 Å². The van der Waals surface area contributed by atoms with Gasteiger partial charge in [0.2, 0.25) is 0 Å². The van der Waals surface area contributed by atoms with E-state index in [1.54, 1.807) is 0 Å². The summed E-state index contributed by atoms with van der Waals surface area (Å²) in [7, 11) is 1.81. The van der Waals surface area contributed by atoms with Crippen LogP contribution in [-0.2, 0) is 4.74 Å². The summed E-state index contributed by atoms with van der Waals surface area (Å²) in [6, 6.07) is 0.435. The van der Waals surface area contributed by atoms with Crippen molar-refractivity contribution in [2.75, 3.05) is 26.8 Å². The lowest BCUT2D eigenvalue weighted by Crippen LogP contribution is -2.44. The highest BCUT2D eigenvalue weighted by Gasteiger charge is 2.08. The maximum atomic E-state index is 5.29. The van der Waals surface area contributed by atoms with Crippen LogP contribution >= 0.6 is 24.0 Å². The summed E-state index contributed by atoms with van der Waals surface area (Å²) in [5.41, 5.74) is 0. The molecular weight excluding hydrogens is 341 g/mol. The lowest BCUT2D eigenvalue weighted by atomic mass is 10.1. The van der Waals surface area contributed by atoms with E-state index < -0.39 is 0 Å². The first-order valence-electron chi connectivity index (χ1n) is 6.66. The molecule has 0 aromatic carbocycles. The number of ether oxygens (including phenoxy) is 1. The molecule has 0 aliphatic carbocycles. The average molecular weight is 371 g/mol. The topological polar surface area (TPSA) is 45.6 Å². The molecule has 5 heteroatoms. The third kappa shape index (κ3) is 11.1. The van der Waals surface area contributed by atoms with Crippen molar-refractivity contribution in [2.45, 2.75) is 46.6 Å². The molecule has 0 spiro atoms.